The number of anilines is 2. The van der Waals surface area contributed by atoms with Gasteiger partial charge in [-0.1, -0.05) is 108 Å². The fourth-order valence-electron chi connectivity index (χ4n) is 9.35. The molecular formula is C48H31BN2O. The number of fused-ring (bicyclic) bond motifs is 12. The van der Waals surface area contributed by atoms with Gasteiger partial charge in [-0.3, -0.25) is 0 Å². The van der Waals surface area contributed by atoms with E-state index in [4.69, 9.17) is 4.42 Å². The Morgan fingerprint density at radius 1 is 0.519 bits per heavy atom. The van der Waals surface area contributed by atoms with Gasteiger partial charge < -0.3 is 13.8 Å². The fourth-order valence-corrected chi connectivity index (χ4v) is 9.35. The van der Waals surface area contributed by atoms with Crippen molar-refractivity contribution >= 4 is 83.7 Å². The molecule has 8 aromatic carbocycles. The Bertz CT molecular complexity index is 3150. The summed E-state index contributed by atoms with van der Waals surface area (Å²) in [7, 11) is 0. The Morgan fingerprint density at radius 2 is 1.27 bits per heavy atom. The lowest BCUT2D eigenvalue weighted by molar-refractivity contribution is 0.669. The van der Waals surface area contributed by atoms with Crippen LogP contribution in [0.5, 0.6) is 0 Å². The first-order valence-electron chi connectivity index (χ1n) is 18.1. The molecule has 2 aromatic heterocycles. The molecule has 0 bridgehead atoms. The SMILES string of the molecule is Cc1ccc(N2B3c4cc(C)ccc4-n4c5cc6ccccc6cc5c5c(-c6ccccc6)cc(c3c54)-c3cc4oc5ccccc5c4cc32)cc1. The lowest BCUT2D eigenvalue weighted by atomic mass is 9.43. The molecule has 0 saturated heterocycles. The molecule has 2 aliphatic heterocycles. The monoisotopic (exact) mass is 662 g/mol. The van der Waals surface area contributed by atoms with Crippen LogP contribution in [-0.4, -0.2) is 11.4 Å². The molecule has 0 saturated carbocycles. The van der Waals surface area contributed by atoms with Crippen molar-refractivity contribution in [3.05, 3.63) is 163 Å². The predicted molar refractivity (Wildman–Crippen MR) is 220 cm³/mol. The standard InChI is InChI=1S/C48H31BN2O/c1-28-16-19-33(20-17-28)51-43-26-37-34-14-8-9-15-44(34)52-45(37)27-36(43)38-25-35(30-10-4-3-5-11-30)46-39-23-31-12-6-7-13-32(31)24-42(39)50-41-21-18-29(2)22-40(41)49(51)47(38)48(46)50/h3-27H,1-2H3. The topological polar surface area (TPSA) is 21.3 Å². The number of hydrogen-bond acceptors (Lipinski definition) is 2. The van der Waals surface area contributed by atoms with Crippen molar-refractivity contribution in [3.63, 3.8) is 0 Å². The van der Waals surface area contributed by atoms with E-state index in [1.807, 2.05) is 0 Å². The van der Waals surface area contributed by atoms with Gasteiger partial charge >= 0.3 is 6.85 Å². The third-order valence-corrected chi connectivity index (χ3v) is 11.6. The molecule has 0 unspecified atom stereocenters. The molecule has 0 amide bonds. The van der Waals surface area contributed by atoms with E-state index in [-0.39, 0.29) is 6.85 Å². The minimum Gasteiger partial charge on any atom is -0.456 e. The number of aryl methyl sites for hydroxylation is 2. The van der Waals surface area contributed by atoms with E-state index >= 15 is 0 Å². The van der Waals surface area contributed by atoms with Crippen LogP contribution in [-0.2, 0) is 0 Å². The summed E-state index contributed by atoms with van der Waals surface area (Å²) < 4.78 is 9.17. The molecule has 0 fully saturated rings. The average molecular weight is 663 g/mol. The van der Waals surface area contributed by atoms with Crippen molar-refractivity contribution in [1.29, 1.82) is 0 Å². The number of furan rings is 1. The van der Waals surface area contributed by atoms with Crippen LogP contribution < -0.4 is 15.7 Å². The summed E-state index contributed by atoms with van der Waals surface area (Å²) in [6, 6.07) is 56.3. The van der Waals surface area contributed by atoms with Gasteiger partial charge in [0, 0.05) is 44.2 Å². The van der Waals surface area contributed by atoms with Gasteiger partial charge in [-0.2, -0.15) is 0 Å². The highest BCUT2D eigenvalue weighted by Crippen LogP contribution is 2.50. The number of aromatic nitrogens is 1. The van der Waals surface area contributed by atoms with E-state index in [1.165, 1.54) is 93.9 Å². The van der Waals surface area contributed by atoms with Crippen molar-refractivity contribution in [2.24, 2.45) is 0 Å². The van der Waals surface area contributed by atoms with Crippen molar-refractivity contribution < 1.29 is 4.42 Å². The molecule has 0 aliphatic carbocycles. The van der Waals surface area contributed by atoms with Crippen LogP contribution in [0.3, 0.4) is 0 Å². The third kappa shape index (κ3) is 3.66. The molecule has 242 valence electrons. The van der Waals surface area contributed by atoms with Gasteiger partial charge in [0.15, 0.2) is 0 Å². The van der Waals surface area contributed by atoms with Gasteiger partial charge in [-0.15, -0.1) is 0 Å². The molecule has 4 heterocycles. The summed E-state index contributed by atoms with van der Waals surface area (Å²) in [6.07, 6.45) is 0. The summed E-state index contributed by atoms with van der Waals surface area (Å²) in [4.78, 5) is 2.61. The first-order valence-corrected chi connectivity index (χ1v) is 18.1. The van der Waals surface area contributed by atoms with Gasteiger partial charge in [-0.05, 0) is 107 Å². The van der Waals surface area contributed by atoms with Gasteiger partial charge in [0.2, 0.25) is 0 Å². The maximum Gasteiger partial charge on any atom is 0.333 e. The summed E-state index contributed by atoms with van der Waals surface area (Å²) in [6.45, 7) is 4.34. The first kappa shape index (κ1) is 28.2. The molecule has 0 N–H and O–H groups in total. The van der Waals surface area contributed by atoms with E-state index in [0.717, 1.165) is 21.9 Å². The first-order chi connectivity index (χ1) is 25.6. The summed E-state index contributed by atoms with van der Waals surface area (Å²) >= 11 is 0. The number of nitrogens with zero attached hydrogens (tertiary/aromatic N) is 2. The van der Waals surface area contributed by atoms with Gasteiger partial charge in [-0.25, -0.2) is 0 Å². The Morgan fingerprint density at radius 3 is 2.12 bits per heavy atom. The van der Waals surface area contributed by atoms with Gasteiger partial charge in [0.05, 0.1) is 11.0 Å². The van der Waals surface area contributed by atoms with Crippen molar-refractivity contribution in [3.8, 4) is 27.9 Å². The van der Waals surface area contributed by atoms with Crippen LogP contribution in [0.4, 0.5) is 11.4 Å². The predicted octanol–water partition coefficient (Wildman–Crippen LogP) is 11.4. The minimum atomic E-state index is -0.0470. The third-order valence-electron chi connectivity index (χ3n) is 11.6. The second kappa shape index (κ2) is 10.1. The van der Waals surface area contributed by atoms with Crippen molar-refractivity contribution in [2.75, 3.05) is 4.81 Å². The van der Waals surface area contributed by atoms with Crippen LogP contribution in [0.1, 0.15) is 11.1 Å². The van der Waals surface area contributed by atoms with E-state index in [9.17, 15) is 0 Å². The molecule has 12 rings (SSSR count). The molecule has 0 atom stereocenters. The number of rotatable bonds is 2. The molecule has 3 nitrogen and oxygen atoms in total. The second-order valence-corrected chi connectivity index (χ2v) is 14.7. The largest absolute Gasteiger partial charge is 0.456 e. The van der Waals surface area contributed by atoms with E-state index < -0.39 is 0 Å². The Kier molecular flexibility index (Phi) is 5.45. The molecule has 4 heteroatoms. The zero-order valence-corrected chi connectivity index (χ0v) is 28.8. The Labute approximate surface area is 301 Å². The van der Waals surface area contributed by atoms with Crippen LogP contribution in [0, 0.1) is 13.8 Å². The highest BCUT2D eigenvalue weighted by molar-refractivity contribution is 6.93. The molecular weight excluding hydrogens is 631 g/mol. The lowest BCUT2D eigenvalue weighted by Gasteiger charge is -2.42. The molecule has 0 spiro atoms. The number of hydrogen-bond donors (Lipinski definition) is 0. The average Bonchev–Trinajstić information content (AvgIpc) is 3.71. The second-order valence-electron chi connectivity index (χ2n) is 14.7. The van der Waals surface area contributed by atoms with Crippen LogP contribution in [0.2, 0.25) is 0 Å². The zero-order chi connectivity index (χ0) is 34.2. The van der Waals surface area contributed by atoms with E-state index in [1.54, 1.807) is 0 Å². The quantitative estimate of drug-likeness (QED) is 0.172. The molecule has 2 aliphatic rings. The van der Waals surface area contributed by atoms with Gasteiger partial charge in [0.1, 0.15) is 11.2 Å². The van der Waals surface area contributed by atoms with Gasteiger partial charge in [0.25, 0.3) is 0 Å². The minimum absolute atomic E-state index is 0.0470. The molecule has 52 heavy (non-hydrogen) atoms. The van der Waals surface area contributed by atoms with E-state index in [0.29, 0.717) is 0 Å². The summed E-state index contributed by atoms with van der Waals surface area (Å²) in [5.41, 5.74) is 18.1. The van der Waals surface area contributed by atoms with Crippen molar-refractivity contribution in [1.82, 2.24) is 4.57 Å². The Hall–Kier alpha value is -6.52. The maximum atomic E-state index is 6.60. The fraction of sp³-hybridized carbons (Fsp3) is 0.0417. The van der Waals surface area contributed by atoms with Crippen molar-refractivity contribution in [2.45, 2.75) is 13.8 Å². The van der Waals surface area contributed by atoms with Crippen LogP contribution in [0.25, 0.3) is 82.5 Å². The van der Waals surface area contributed by atoms with E-state index in [2.05, 4.69) is 175 Å². The normalized spacial score (nSPS) is 13.1. The zero-order valence-electron chi connectivity index (χ0n) is 28.8. The molecule has 10 aromatic rings. The molecule has 0 radical (unpaired) electrons. The lowest BCUT2D eigenvalue weighted by Crippen LogP contribution is -2.60. The maximum absolute atomic E-state index is 6.60. The number of para-hydroxylation sites is 1. The Balaban J connectivity index is 1.33. The highest BCUT2D eigenvalue weighted by Gasteiger charge is 2.45. The van der Waals surface area contributed by atoms with Crippen LogP contribution >= 0.6 is 0 Å². The number of benzene rings is 8. The summed E-state index contributed by atoms with van der Waals surface area (Å²) in [5, 5.41) is 7.37. The summed E-state index contributed by atoms with van der Waals surface area (Å²) in [5.74, 6) is 0. The highest BCUT2D eigenvalue weighted by atomic mass is 16.3. The smallest absolute Gasteiger partial charge is 0.333 e. The van der Waals surface area contributed by atoms with Crippen LogP contribution in [0.15, 0.2) is 156 Å².